The summed E-state index contributed by atoms with van der Waals surface area (Å²) in [6, 6.07) is 10.7. The molecular formula is C23H22N2O5S2. The van der Waals surface area contributed by atoms with Crippen LogP contribution in [0.15, 0.2) is 62.8 Å². The zero-order chi connectivity index (χ0) is 22.7. The molecule has 1 aromatic carbocycles. The minimum Gasteiger partial charge on any atom is -0.497 e. The Morgan fingerprint density at radius 1 is 1.19 bits per heavy atom. The van der Waals surface area contributed by atoms with Gasteiger partial charge in [-0.05, 0) is 42.1 Å². The van der Waals surface area contributed by atoms with Crippen molar-refractivity contribution in [1.82, 2.24) is 4.57 Å². The van der Waals surface area contributed by atoms with Crippen molar-refractivity contribution in [3.8, 4) is 5.75 Å². The van der Waals surface area contributed by atoms with Crippen LogP contribution in [0, 0.1) is 0 Å². The van der Waals surface area contributed by atoms with E-state index >= 15 is 0 Å². The lowest BCUT2D eigenvalue weighted by molar-refractivity contribution is -0.140. The number of thiazole rings is 1. The third kappa shape index (κ3) is 4.32. The van der Waals surface area contributed by atoms with Gasteiger partial charge in [-0.2, -0.15) is 0 Å². The zero-order valence-electron chi connectivity index (χ0n) is 17.9. The predicted molar refractivity (Wildman–Crippen MR) is 124 cm³/mol. The molecule has 0 N–H and O–H groups in total. The smallest absolute Gasteiger partial charge is 0.338 e. The number of hydrogen-bond acceptors (Lipinski definition) is 8. The maximum atomic E-state index is 13.4. The number of rotatable bonds is 7. The van der Waals surface area contributed by atoms with Gasteiger partial charge in [0, 0.05) is 12.0 Å². The number of aromatic nitrogens is 1. The number of thiophene rings is 1. The summed E-state index contributed by atoms with van der Waals surface area (Å²) in [5.41, 5.74) is 1.59. The molecule has 4 rings (SSSR count). The Balaban J connectivity index is 1.82. The molecule has 0 spiro atoms. The van der Waals surface area contributed by atoms with Gasteiger partial charge in [-0.3, -0.25) is 9.36 Å². The van der Waals surface area contributed by atoms with E-state index in [1.807, 2.05) is 47.9 Å². The van der Waals surface area contributed by atoms with E-state index in [2.05, 4.69) is 4.99 Å². The molecule has 0 bridgehead atoms. The molecule has 2 aromatic heterocycles. The Hall–Kier alpha value is -3.01. The molecule has 0 saturated carbocycles. The molecule has 0 unspecified atom stereocenters. The fraction of sp³-hybridized carbons (Fsp3) is 0.261. The van der Waals surface area contributed by atoms with Gasteiger partial charge in [0.1, 0.15) is 18.4 Å². The van der Waals surface area contributed by atoms with Gasteiger partial charge < -0.3 is 14.2 Å². The minimum absolute atomic E-state index is 0.130. The monoisotopic (exact) mass is 470 g/mol. The van der Waals surface area contributed by atoms with E-state index in [0.717, 1.165) is 16.2 Å². The van der Waals surface area contributed by atoms with E-state index in [1.54, 1.807) is 25.7 Å². The number of carbonyl (C=O) groups is 1. The SMILES string of the molecule is COCCOC(=O)C1=C(C)N=c2s/c(=C/c3ccc(OC)cc3)c(=O)n2[C@@H]1c1cccs1. The molecule has 1 atom stereocenters. The van der Waals surface area contributed by atoms with Gasteiger partial charge in [0.2, 0.25) is 0 Å². The maximum absolute atomic E-state index is 13.4. The molecule has 0 amide bonds. The van der Waals surface area contributed by atoms with Crippen molar-refractivity contribution in [3.05, 3.63) is 83.2 Å². The molecule has 0 fully saturated rings. The van der Waals surface area contributed by atoms with Gasteiger partial charge in [-0.25, -0.2) is 9.79 Å². The summed E-state index contributed by atoms with van der Waals surface area (Å²) in [5, 5.41) is 1.92. The molecule has 166 valence electrons. The third-order valence-electron chi connectivity index (χ3n) is 4.99. The first-order chi connectivity index (χ1) is 15.5. The van der Waals surface area contributed by atoms with Crippen LogP contribution in [-0.4, -0.2) is 38.0 Å². The summed E-state index contributed by atoms with van der Waals surface area (Å²) in [6.07, 6.45) is 1.82. The zero-order valence-corrected chi connectivity index (χ0v) is 19.5. The van der Waals surface area contributed by atoms with Crippen LogP contribution in [0.4, 0.5) is 0 Å². The number of fused-ring (bicyclic) bond motifs is 1. The molecule has 0 radical (unpaired) electrons. The molecular weight excluding hydrogens is 448 g/mol. The van der Waals surface area contributed by atoms with E-state index in [-0.39, 0.29) is 12.2 Å². The van der Waals surface area contributed by atoms with Gasteiger partial charge in [0.05, 0.1) is 29.5 Å². The van der Waals surface area contributed by atoms with Crippen LogP contribution in [0.3, 0.4) is 0 Å². The molecule has 7 nitrogen and oxygen atoms in total. The number of benzene rings is 1. The molecule has 1 aliphatic rings. The van der Waals surface area contributed by atoms with Crippen molar-refractivity contribution in [1.29, 1.82) is 0 Å². The minimum atomic E-state index is -0.584. The molecule has 0 aliphatic carbocycles. The summed E-state index contributed by atoms with van der Waals surface area (Å²) in [5.74, 6) is 0.250. The normalized spacial score (nSPS) is 16.0. The van der Waals surface area contributed by atoms with Gasteiger partial charge in [0.15, 0.2) is 4.80 Å². The molecule has 0 saturated heterocycles. The van der Waals surface area contributed by atoms with Crippen molar-refractivity contribution in [2.75, 3.05) is 27.4 Å². The summed E-state index contributed by atoms with van der Waals surface area (Å²) in [7, 11) is 3.15. The lowest BCUT2D eigenvalue weighted by atomic mass is 10.0. The van der Waals surface area contributed by atoms with E-state index in [4.69, 9.17) is 14.2 Å². The van der Waals surface area contributed by atoms with Gasteiger partial charge in [-0.15, -0.1) is 11.3 Å². The topological polar surface area (TPSA) is 79.1 Å². The van der Waals surface area contributed by atoms with Crippen LogP contribution >= 0.6 is 22.7 Å². The first-order valence-electron chi connectivity index (χ1n) is 9.89. The summed E-state index contributed by atoms with van der Waals surface area (Å²) < 4.78 is 17.7. The van der Waals surface area contributed by atoms with E-state index < -0.39 is 12.0 Å². The maximum Gasteiger partial charge on any atom is 0.338 e. The second-order valence-electron chi connectivity index (χ2n) is 7.00. The average molecular weight is 471 g/mol. The lowest BCUT2D eigenvalue weighted by Gasteiger charge is -2.23. The van der Waals surface area contributed by atoms with E-state index in [9.17, 15) is 9.59 Å². The van der Waals surface area contributed by atoms with Crippen molar-refractivity contribution in [2.24, 2.45) is 4.99 Å². The number of ether oxygens (including phenoxy) is 3. The number of allylic oxidation sites excluding steroid dienone is 1. The molecule has 1 aliphatic heterocycles. The fourth-order valence-corrected chi connectivity index (χ4v) is 5.32. The quantitative estimate of drug-likeness (QED) is 0.392. The number of methoxy groups -OCH3 is 2. The lowest BCUT2D eigenvalue weighted by Crippen LogP contribution is -2.39. The van der Waals surface area contributed by atoms with Crippen LogP contribution < -0.4 is 19.6 Å². The number of esters is 1. The standard InChI is InChI=1S/C23H22N2O5S2/c1-14-19(22(27)30-11-10-28-2)20(17-5-4-12-31-17)25-21(26)18(32-23(25)24-14)13-15-6-8-16(29-3)9-7-15/h4-9,12-13,20H,10-11H2,1-3H3/b18-13+/t20-/m1/s1. The molecule has 32 heavy (non-hydrogen) atoms. The Kier molecular flexibility index (Phi) is 6.69. The van der Waals surface area contributed by atoms with E-state index in [0.29, 0.717) is 27.2 Å². The average Bonchev–Trinajstić information content (AvgIpc) is 3.42. The highest BCUT2D eigenvalue weighted by Crippen LogP contribution is 2.33. The van der Waals surface area contributed by atoms with Crippen molar-refractivity contribution in [2.45, 2.75) is 13.0 Å². The van der Waals surface area contributed by atoms with Crippen molar-refractivity contribution < 1.29 is 19.0 Å². The van der Waals surface area contributed by atoms with Crippen LogP contribution in [0.1, 0.15) is 23.4 Å². The molecule has 9 heteroatoms. The number of carbonyl (C=O) groups excluding carboxylic acids is 1. The first kappa shape index (κ1) is 22.2. The fourth-order valence-electron chi connectivity index (χ4n) is 3.45. The van der Waals surface area contributed by atoms with Crippen LogP contribution in [0.2, 0.25) is 0 Å². The van der Waals surface area contributed by atoms with Crippen molar-refractivity contribution in [3.63, 3.8) is 0 Å². The van der Waals surface area contributed by atoms with Gasteiger partial charge in [-0.1, -0.05) is 29.5 Å². The van der Waals surface area contributed by atoms with E-state index in [1.165, 1.54) is 22.7 Å². The number of nitrogens with zero attached hydrogens (tertiary/aromatic N) is 2. The second-order valence-corrected chi connectivity index (χ2v) is 8.99. The molecule has 3 heterocycles. The van der Waals surface area contributed by atoms with Crippen LogP contribution in [0.25, 0.3) is 6.08 Å². The Morgan fingerprint density at radius 3 is 2.62 bits per heavy atom. The highest BCUT2D eigenvalue weighted by Gasteiger charge is 2.33. The summed E-state index contributed by atoms with van der Waals surface area (Å²) >= 11 is 2.79. The Bertz CT molecular complexity index is 1320. The van der Waals surface area contributed by atoms with Crippen molar-refractivity contribution >= 4 is 34.7 Å². The summed E-state index contributed by atoms with van der Waals surface area (Å²) in [6.45, 7) is 2.20. The largest absolute Gasteiger partial charge is 0.497 e. The Labute approximate surface area is 192 Å². The van der Waals surface area contributed by atoms with Gasteiger partial charge >= 0.3 is 5.97 Å². The summed E-state index contributed by atoms with van der Waals surface area (Å²) in [4.78, 5) is 32.4. The Morgan fingerprint density at radius 2 is 1.97 bits per heavy atom. The van der Waals surface area contributed by atoms with Crippen LogP contribution in [-0.2, 0) is 14.3 Å². The molecule has 3 aromatic rings. The highest BCUT2D eigenvalue weighted by molar-refractivity contribution is 7.10. The third-order valence-corrected chi connectivity index (χ3v) is 6.90. The number of hydrogen-bond donors (Lipinski definition) is 0. The highest BCUT2D eigenvalue weighted by atomic mass is 32.1. The predicted octanol–water partition coefficient (Wildman–Crippen LogP) is 2.49. The van der Waals surface area contributed by atoms with Crippen LogP contribution in [0.5, 0.6) is 5.75 Å². The van der Waals surface area contributed by atoms with Gasteiger partial charge in [0.25, 0.3) is 5.56 Å². The first-order valence-corrected chi connectivity index (χ1v) is 11.6. The second kappa shape index (κ2) is 9.64.